The summed E-state index contributed by atoms with van der Waals surface area (Å²) in [5, 5.41) is 8.15. The molecule has 5 heteroatoms. The zero-order valence-corrected chi connectivity index (χ0v) is 11.5. The highest BCUT2D eigenvalue weighted by atomic mass is 35.5. The van der Waals surface area contributed by atoms with Crippen molar-refractivity contribution in [3.8, 4) is 0 Å². The van der Waals surface area contributed by atoms with Crippen molar-refractivity contribution in [3.05, 3.63) is 17.8 Å². The number of anilines is 1. The van der Waals surface area contributed by atoms with E-state index in [0.29, 0.717) is 12.4 Å². The lowest BCUT2D eigenvalue weighted by molar-refractivity contribution is 0.257. The van der Waals surface area contributed by atoms with E-state index < -0.39 is 0 Å². The summed E-state index contributed by atoms with van der Waals surface area (Å²) in [5.74, 6) is 1.52. The molecule has 0 amide bonds. The second-order valence-corrected chi connectivity index (χ2v) is 4.49. The Kier molecular flexibility index (Phi) is 5.15. The minimum absolute atomic E-state index is 0.0775. The number of alkyl halides is 1. The highest BCUT2D eigenvalue weighted by Crippen LogP contribution is 2.33. The van der Waals surface area contributed by atoms with E-state index in [9.17, 15) is 0 Å². The number of aromatic nitrogens is 2. The van der Waals surface area contributed by atoms with Crippen LogP contribution in [0.2, 0.25) is 0 Å². The lowest BCUT2D eigenvalue weighted by Gasteiger charge is -2.49. The summed E-state index contributed by atoms with van der Waals surface area (Å²) in [7, 11) is 0. The van der Waals surface area contributed by atoms with Gasteiger partial charge in [-0.1, -0.05) is 13.8 Å². The summed E-state index contributed by atoms with van der Waals surface area (Å²) in [4.78, 5) is 2.15. The molecule has 96 valence electrons. The van der Waals surface area contributed by atoms with E-state index in [4.69, 9.17) is 17.3 Å². The minimum atomic E-state index is 0.0775. The Labute approximate surface area is 108 Å². The molecule has 0 radical (unpaired) electrons. The maximum absolute atomic E-state index is 5.90. The van der Waals surface area contributed by atoms with Gasteiger partial charge in [-0.15, -0.1) is 16.7 Å². The number of rotatable bonds is 3. The zero-order chi connectivity index (χ0) is 12.9. The van der Waals surface area contributed by atoms with Crippen LogP contribution in [0.1, 0.15) is 19.5 Å². The topological polar surface area (TPSA) is 55.0 Å². The number of nitrogens with zero attached hydrogens (tertiary/aromatic N) is 3. The molecule has 0 unspecified atom stereocenters. The fraction of sp³-hybridized carbons (Fsp3) is 0.667. The van der Waals surface area contributed by atoms with Crippen molar-refractivity contribution in [2.45, 2.75) is 20.8 Å². The molecule has 4 nitrogen and oxygen atoms in total. The molecule has 1 saturated heterocycles. The van der Waals surface area contributed by atoms with Crippen LogP contribution in [0.3, 0.4) is 0 Å². The van der Waals surface area contributed by atoms with E-state index in [-0.39, 0.29) is 5.41 Å². The van der Waals surface area contributed by atoms with Crippen LogP contribution in [0.25, 0.3) is 0 Å². The summed E-state index contributed by atoms with van der Waals surface area (Å²) < 4.78 is 0. The fourth-order valence-electron chi connectivity index (χ4n) is 1.75. The Balaban J connectivity index is 0.000000686. The van der Waals surface area contributed by atoms with Crippen molar-refractivity contribution in [2.75, 3.05) is 30.4 Å². The summed E-state index contributed by atoms with van der Waals surface area (Å²) in [6.45, 7) is 8.32. The molecule has 1 aliphatic heterocycles. The predicted octanol–water partition coefficient (Wildman–Crippen LogP) is 1.82. The highest BCUT2D eigenvalue weighted by Gasteiger charge is 2.41. The summed E-state index contributed by atoms with van der Waals surface area (Å²) >= 11 is 5.90. The van der Waals surface area contributed by atoms with Gasteiger partial charge >= 0.3 is 0 Å². The molecule has 0 bridgehead atoms. The second-order valence-electron chi connectivity index (χ2n) is 4.23. The second kappa shape index (κ2) is 6.17. The van der Waals surface area contributed by atoms with Gasteiger partial charge in [0.2, 0.25) is 0 Å². The third-order valence-electron chi connectivity index (χ3n) is 2.88. The largest absolute Gasteiger partial charge is 0.354 e. The standard InChI is InChI=1S/C10H15ClN4.C2H6/c1-8-2-3-9(14-13-8)15-6-10(4-11,5-12)7-15;1-2/h2-3H,4-7,12H2,1H3;1-2H3. The van der Waals surface area contributed by atoms with E-state index in [2.05, 4.69) is 15.1 Å². The average Bonchev–Trinajstić information content (AvgIpc) is 2.34. The fourth-order valence-corrected chi connectivity index (χ4v) is 2.03. The van der Waals surface area contributed by atoms with E-state index in [1.807, 2.05) is 32.9 Å². The molecule has 1 aliphatic rings. The average molecular weight is 257 g/mol. The third kappa shape index (κ3) is 3.07. The third-order valence-corrected chi connectivity index (χ3v) is 3.44. The SMILES string of the molecule is CC.Cc1ccc(N2CC(CN)(CCl)C2)nn1. The Morgan fingerprint density at radius 1 is 1.35 bits per heavy atom. The maximum atomic E-state index is 5.90. The molecule has 1 aromatic heterocycles. The normalized spacial score (nSPS) is 16.9. The quantitative estimate of drug-likeness (QED) is 0.839. The van der Waals surface area contributed by atoms with Gasteiger partial charge < -0.3 is 10.6 Å². The van der Waals surface area contributed by atoms with Gasteiger partial charge in [0.05, 0.1) is 5.69 Å². The van der Waals surface area contributed by atoms with E-state index >= 15 is 0 Å². The first-order valence-electron chi connectivity index (χ1n) is 6.00. The molecular weight excluding hydrogens is 236 g/mol. The smallest absolute Gasteiger partial charge is 0.151 e. The lowest BCUT2D eigenvalue weighted by Crippen LogP contribution is -2.61. The van der Waals surface area contributed by atoms with Crippen LogP contribution in [0, 0.1) is 12.3 Å². The molecule has 0 atom stereocenters. The first kappa shape index (κ1) is 14.2. The Bertz CT molecular complexity index is 327. The molecule has 2 N–H and O–H groups in total. The van der Waals surface area contributed by atoms with Gasteiger partial charge in [-0.05, 0) is 19.1 Å². The summed E-state index contributed by atoms with van der Waals surface area (Å²) in [6.07, 6.45) is 0. The molecule has 0 saturated carbocycles. The number of nitrogens with two attached hydrogens (primary N) is 1. The van der Waals surface area contributed by atoms with Gasteiger partial charge in [0.25, 0.3) is 0 Å². The van der Waals surface area contributed by atoms with Crippen LogP contribution < -0.4 is 10.6 Å². The zero-order valence-electron chi connectivity index (χ0n) is 10.8. The minimum Gasteiger partial charge on any atom is -0.354 e. The molecule has 1 fully saturated rings. The molecule has 2 heterocycles. The molecule has 2 rings (SSSR count). The van der Waals surface area contributed by atoms with E-state index in [1.165, 1.54) is 0 Å². The van der Waals surface area contributed by atoms with Gasteiger partial charge in [-0.2, -0.15) is 5.10 Å². The monoisotopic (exact) mass is 256 g/mol. The van der Waals surface area contributed by atoms with Gasteiger partial charge in [0.1, 0.15) is 0 Å². The molecule has 17 heavy (non-hydrogen) atoms. The molecule has 1 aromatic rings. The number of halogens is 1. The first-order chi connectivity index (χ1) is 8.19. The number of hydrogen-bond acceptors (Lipinski definition) is 4. The molecule has 0 spiro atoms. The first-order valence-corrected chi connectivity index (χ1v) is 6.54. The predicted molar refractivity (Wildman–Crippen MR) is 72.5 cm³/mol. The van der Waals surface area contributed by atoms with Gasteiger partial charge in [0.15, 0.2) is 5.82 Å². The lowest BCUT2D eigenvalue weighted by atomic mass is 9.82. The molecule has 0 aromatic carbocycles. The summed E-state index contributed by atoms with van der Waals surface area (Å²) in [6, 6.07) is 3.95. The van der Waals surface area contributed by atoms with Crippen molar-refractivity contribution in [1.82, 2.24) is 10.2 Å². The van der Waals surface area contributed by atoms with Crippen LogP contribution in [0.4, 0.5) is 5.82 Å². The Hall–Kier alpha value is -0.870. The van der Waals surface area contributed by atoms with E-state index in [1.54, 1.807) is 0 Å². The van der Waals surface area contributed by atoms with Crippen LogP contribution in [0.5, 0.6) is 0 Å². The van der Waals surface area contributed by atoms with Crippen molar-refractivity contribution < 1.29 is 0 Å². The van der Waals surface area contributed by atoms with E-state index in [0.717, 1.165) is 24.6 Å². The van der Waals surface area contributed by atoms with Crippen molar-refractivity contribution in [1.29, 1.82) is 0 Å². The summed E-state index contributed by atoms with van der Waals surface area (Å²) in [5.41, 5.74) is 6.71. The molecular formula is C12H21ClN4. The van der Waals surface area contributed by atoms with Crippen LogP contribution in [0.15, 0.2) is 12.1 Å². The number of aryl methyl sites for hydroxylation is 1. The van der Waals surface area contributed by atoms with Crippen molar-refractivity contribution in [3.63, 3.8) is 0 Å². The Morgan fingerprint density at radius 2 is 2.00 bits per heavy atom. The van der Waals surface area contributed by atoms with Gasteiger partial charge in [0, 0.05) is 30.9 Å². The van der Waals surface area contributed by atoms with Crippen molar-refractivity contribution in [2.24, 2.45) is 11.1 Å². The highest BCUT2D eigenvalue weighted by molar-refractivity contribution is 6.18. The van der Waals surface area contributed by atoms with Crippen LogP contribution >= 0.6 is 11.6 Å². The van der Waals surface area contributed by atoms with Crippen LogP contribution in [-0.4, -0.2) is 35.7 Å². The maximum Gasteiger partial charge on any atom is 0.151 e. The van der Waals surface area contributed by atoms with Gasteiger partial charge in [-0.25, -0.2) is 0 Å². The van der Waals surface area contributed by atoms with Gasteiger partial charge in [-0.3, -0.25) is 0 Å². The Morgan fingerprint density at radius 3 is 2.41 bits per heavy atom. The van der Waals surface area contributed by atoms with Crippen molar-refractivity contribution >= 4 is 17.4 Å². The number of hydrogen-bond donors (Lipinski definition) is 1. The van der Waals surface area contributed by atoms with Crippen LogP contribution in [-0.2, 0) is 0 Å². The molecule has 0 aliphatic carbocycles.